The molecule has 1 fully saturated rings. The Hall–Kier alpha value is -2.62. The molecule has 8 heteroatoms. The zero-order valence-electron chi connectivity index (χ0n) is 14.5. The fraction of sp³-hybridized carbons (Fsp3) is 0.263. The van der Waals surface area contributed by atoms with Crippen molar-refractivity contribution in [2.45, 2.75) is 25.1 Å². The molecule has 4 rings (SSSR count). The molecule has 1 aliphatic rings. The molecular formula is C19H20N4O4. The summed E-state index contributed by atoms with van der Waals surface area (Å²) in [5, 5.41) is 33.4. The number of rotatable bonds is 5. The summed E-state index contributed by atoms with van der Waals surface area (Å²) in [7, 11) is 0. The fourth-order valence-electron chi connectivity index (χ4n) is 3.41. The van der Waals surface area contributed by atoms with Gasteiger partial charge in [-0.05, 0) is 12.0 Å². The molecule has 140 valence electrons. The van der Waals surface area contributed by atoms with Gasteiger partial charge in [-0.2, -0.15) is 10.2 Å². The first-order valence-corrected chi connectivity index (χ1v) is 8.73. The lowest BCUT2D eigenvalue weighted by molar-refractivity contribution is -0.991. The van der Waals surface area contributed by atoms with Crippen molar-refractivity contribution in [2.75, 3.05) is 6.54 Å². The minimum Gasteiger partial charge on any atom is -0.595 e. The summed E-state index contributed by atoms with van der Waals surface area (Å²) >= 11 is 0. The first-order valence-electron chi connectivity index (χ1n) is 8.73. The highest BCUT2D eigenvalue weighted by molar-refractivity contribution is 5.58. The number of aliphatic hydroxyl groups excluding tert-OH is 1. The summed E-state index contributed by atoms with van der Waals surface area (Å²) < 4.78 is 5.46. The van der Waals surface area contributed by atoms with Gasteiger partial charge in [0.1, 0.15) is 0 Å². The van der Waals surface area contributed by atoms with Gasteiger partial charge in [-0.25, -0.2) is 5.21 Å². The Bertz CT molecular complexity index is 899. The highest BCUT2D eigenvalue weighted by Crippen LogP contribution is 2.33. The van der Waals surface area contributed by atoms with E-state index in [0.29, 0.717) is 36.8 Å². The number of aromatic nitrogens is 2. The predicted molar refractivity (Wildman–Crippen MR) is 95.7 cm³/mol. The van der Waals surface area contributed by atoms with Gasteiger partial charge in [0.15, 0.2) is 5.69 Å². The van der Waals surface area contributed by atoms with Crippen LogP contribution in [0.25, 0.3) is 11.4 Å². The van der Waals surface area contributed by atoms with Gasteiger partial charge in [0.05, 0.1) is 12.1 Å². The summed E-state index contributed by atoms with van der Waals surface area (Å²) in [6, 6.07) is 16.3. The molecule has 3 atom stereocenters. The summed E-state index contributed by atoms with van der Waals surface area (Å²) in [6.45, 7) is 1.21. The second kappa shape index (κ2) is 7.55. The van der Waals surface area contributed by atoms with Crippen molar-refractivity contribution in [2.24, 2.45) is 0 Å². The van der Waals surface area contributed by atoms with E-state index in [0.717, 1.165) is 5.56 Å². The summed E-state index contributed by atoms with van der Waals surface area (Å²) in [5.74, 6) is 0.771. The van der Waals surface area contributed by atoms with Crippen LogP contribution in [0.15, 0.2) is 59.1 Å². The second-order valence-corrected chi connectivity index (χ2v) is 6.66. The van der Waals surface area contributed by atoms with E-state index in [1.807, 2.05) is 30.3 Å². The van der Waals surface area contributed by atoms with Gasteiger partial charge in [0.2, 0.25) is 11.7 Å². The van der Waals surface area contributed by atoms with Gasteiger partial charge < -0.3 is 14.8 Å². The number of aliphatic hydroxyl groups is 1. The summed E-state index contributed by atoms with van der Waals surface area (Å²) in [4.78, 5) is 6.58. The molecule has 3 aromatic rings. The Labute approximate surface area is 155 Å². The molecule has 2 aromatic carbocycles. The molecule has 3 N–H and O–H groups in total. The molecule has 27 heavy (non-hydrogen) atoms. The van der Waals surface area contributed by atoms with Crippen molar-refractivity contribution in [3.63, 3.8) is 0 Å². The quantitative estimate of drug-likeness (QED) is 0.585. The van der Waals surface area contributed by atoms with Crippen LogP contribution in [0.3, 0.4) is 0 Å². The molecule has 0 amide bonds. The SMILES string of the molecule is [O-][NH+](O)c1cccc(-c2noc(C3CC(O)CN3Cc3ccccc3)n2)c1. The van der Waals surface area contributed by atoms with E-state index in [2.05, 4.69) is 15.0 Å². The van der Waals surface area contributed by atoms with E-state index < -0.39 is 11.3 Å². The van der Waals surface area contributed by atoms with Crippen LogP contribution in [0.4, 0.5) is 5.69 Å². The van der Waals surface area contributed by atoms with E-state index in [-0.39, 0.29) is 11.7 Å². The highest BCUT2D eigenvalue weighted by atomic mass is 16.8. The molecule has 0 radical (unpaired) electrons. The van der Waals surface area contributed by atoms with E-state index in [1.165, 1.54) is 12.1 Å². The van der Waals surface area contributed by atoms with Crippen LogP contribution in [0.1, 0.15) is 23.9 Å². The van der Waals surface area contributed by atoms with Gasteiger partial charge in [-0.1, -0.05) is 47.6 Å². The summed E-state index contributed by atoms with van der Waals surface area (Å²) in [6.07, 6.45) is 0.0632. The van der Waals surface area contributed by atoms with Crippen LogP contribution in [-0.2, 0) is 6.54 Å². The standard InChI is InChI=1S/C19H20N4O4/c24-16-10-17(22(12-16)11-13-5-2-1-3-6-13)19-20-18(21-27-19)14-7-4-8-15(9-14)23(25)26/h1-9,16-17,23-25H,10-12H2. The fourth-order valence-corrected chi connectivity index (χ4v) is 3.41. The molecule has 0 spiro atoms. The normalized spacial score (nSPS) is 21.4. The Kier molecular flexibility index (Phi) is 4.97. The smallest absolute Gasteiger partial charge is 0.244 e. The Balaban J connectivity index is 1.57. The predicted octanol–water partition coefficient (Wildman–Crippen LogP) is 1.45. The molecule has 1 saturated heterocycles. The zero-order valence-corrected chi connectivity index (χ0v) is 14.5. The third-order valence-electron chi connectivity index (χ3n) is 4.70. The van der Waals surface area contributed by atoms with Crippen LogP contribution in [-0.4, -0.2) is 38.0 Å². The van der Waals surface area contributed by atoms with Gasteiger partial charge in [0.25, 0.3) is 0 Å². The number of quaternary nitrogens is 1. The van der Waals surface area contributed by atoms with Crippen molar-refractivity contribution < 1.29 is 20.1 Å². The molecule has 3 unspecified atom stereocenters. The molecule has 0 bridgehead atoms. The van der Waals surface area contributed by atoms with Crippen molar-refractivity contribution in [3.8, 4) is 11.4 Å². The second-order valence-electron chi connectivity index (χ2n) is 6.66. The molecule has 8 nitrogen and oxygen atoms in total. The number of likely N-dealkylation sites (tertiary alicyclic amines) is 1. The van der Waals surface area contributed by atoms with Crippen LogP contribution in [0, 0.1) is 5.21 Å². The van der Waals surface area contributed by atoms with E-state index in [1.54, 1.807) is 12.1 Å². The third-order valence-corrected chi connectivity index (χ3v) is 4.70. The lowest BCUT2D eigenvalue weighted by atomic mass is 10.1. The molecule has 0 saturated carbocycles. The maximum Gasteiger partial charge on any atom is 0.244 e. The number of benzene rings is 2. The lowest BCUT2D eigenvalue weighted by Crippen LogP contribution is -2.99. The molecule has 0 aliphatic carbocycles. The van der Waals surface area contributed by atoms with E-state index in [4.69, 9.17) is 9.73 Å². The first-order chi connectivity index (χ1) is 13.1. The third kappa shape index (κ3) is 3.90. The van der Waals surface area contributed by atoms with Crippen LogP contribution in [0.2, 0.25) is 0 Å². The van der Waals surface area contributed by atoms with Crippen molar-refractivity contribution in [1.82, 2.24) is 15.0 Å². The zero-order chi connectivity index (χ0) is 18.8. The average Bonchev–Trinajstić information content (AvgIpc) is 3.29. The van der Waals surface area contributed by atoms with E-state index in [9.17, 15) is 10.3 Å². The van der Waals surface area contributed by atoms with Crippen LogP contribution >= 0.6 is 0 Å². The Morgan fingerprint density at radius 3 is 2.78 bits per heavy atom. The number of hydrogen-bond donors (Lipinski definition) is 3. The number of β-amino-alcohol motifs (C(OH)–C–C–N with tert-alkyl or cyclic N) is 1. The monoisotopic (exact) mass is 368 g/mol. The van der Waals surface area contributed by atoms with Gasteiger partial charge >= 0.3 is 0 Å². The maximum absolute atomic E-state index is 11.2. The minimum absolute atomic E-state index is 0.167. The highest BCUT2D eigenvalue weighted by Gasteiger charge is 2.35. The average molecular weight is 368 g/mol. The minimum atomic E-state index is -1.01. The number of nitrogens with one attached hydrogen (secondary N) is 1. The van der Waals surface area contributed by atoms with Gasteiger partial charge in [-0.15, -0.1) is 0 Å². The molecular weight excluding hydrogens is 348 g/mol. The largest absolute Gasteiger partial charge is 0.595 e. The molecule has 1 aliphatic heterocycles. The number of nitrogens with zero attached hydrogens (tertiary/aromatic N) is 3. The Morgan fingerprint density at radius 2 is 2.00 bits per heavy atom. The lowest BCUT2D eigenvalue weighted by Gasteiger charge is -2.21. The molecule has 2 heterocycles. The van der Waals surface area contributed by atoms with Crippen molar-refractivity contribution >= 4 is 5.69 Å². The molecule has 1 aromatic heterocycles. The Morgan fingerprint density at radius 1 is 1.19 bits per heavy atom. The number of hydrogen-bond acceptors (Lipinski definition) is 7. The summed E-state index contributed by atoms with van der Waals surface area (Å²) in [5.41, 5.74) is 1.89. The van der Waals surface area contributed by atoms with Crippen LogP contribution in [0.5, 0.6) is 0 Å². The first kappa shape index (κ1) is 17.8. The van der Waals surface area contributed by atoms with Gasteiger partial charge in [-0.3, -0.25) is 4.90 Å². The van der Waals surface area contributed by atoms with Crippen molar-refractivity contribution in [3.05, 3.63) is 71.3 Å². The maximum atomic E-state index is 11.2. The topological polar surface area (TPSA) is 110 Å². The van der Waals surface area contributed by atoms with Gasteiger partial charge in [0, 0.05) is 30.8 Å². The van der Waals surface area contributed by atoms with Crippen LogP contribution < -0.4 is 5.23 Å². The van der Waals surface area contributed by atoms with E-state index >= 15 is 0 Å². The van der Waals surface area contributed by atoms with Crippen molar-refractivity contribution in [1.29, 1.82) is 0 Å².